The van der Waals surface area contributed by atoms with E-state index in [0.717, 1.165) is 6.07 Å². The van der Waals surface area contributed by atoms with Crippen LogP contribution in [0, 0.1) is 5.82 Å². The lowest BCUT2D eigenvalue weighted by molar-refractivity contribution is 0.101. The molecule has 4 aromatic rings. The van der Waals surface area contributed by atoms with Crippen molar-refractivity contribution < 1.29 is 23.1 Å². The van der Waals surface area contributed by atoms with Crippen LogP contribution in [0.4, 0.5) is 15.8 Å². The first-order valence-corrected chi connectivity index (χ1v) is 9.54. The van der Waals surface area contributed by atoms with Crippen LogP contribution in [0.3, 0.4) is 0 Å². The van der Waals surface area contributed by atoms with Gasteiger partial charge in [0.05, 0.1) is 12.8 Å². The molecule has 0 saturated carbocycles. The first-order valence-electron chi connectivity index (χ1n) is 9.54. The number of carbonyl (C=O) groups is 2. The fourth-order valence-corrected chi connectivity index (χ4v) is 3.13. The molecule has 0 fully saturated rings. The molecule has 3 aromatic carbocycles. The number of hydrogen-bond acceptors (Lipinski definition) is 5. The molecule has 0 radical (unpaired) electrons. The van der Waals surface area contributed by atoms with Gasteiger partial charge in [0.1, 0.15) is 22.7 Å². The number of benzene rings is 3. The van der Waals surface area contributed by atoms with E-state index in [1.807, 2.05) is 0 Å². The third kappa shape index (κ3) is 4.34. The third-order valence-corrected chi connectivity index (χ3v) is 4.68. The van der Waals surface area contributed by atoms with E-state index in [1.54, 1.807) is 36.4 Å². The van der Waals surface area contributed by atoms with E-state index in [9.17, 15) is 18.8 Å². The normalized spacial score (nSPS) is 10.6. The summed E-state index contributed by atoms with van der Waals surface area (Å²) >= 11 is 0. The fraction of sp³-hybridized carbons (Fsp3) is 0.0417. The second-order valence-electron chi connectivity index (χ2n) is 6.82. The Morgan fingerprint density at radius 2 is 1.72 bits per heavy atom. The Morgan fingerprint density at radius 3 is 2.50 bits per heavy atom. The minimum Gasteiger partial charge on any atom is -0.495 e. The van der Waals surface area contributed by atoms with Crippen molar-refractivity contribution in [1.29, 1.82) is 0 Å². The Bertz CT molecular complexity index is 1400. The average Bonchev–Trinajstić information content (AvgIpc) is 2.78. The highest BCUT2D eigenvalue weighted by Crippen LogP contribution is 2.28. The summed E-state index contributed by atoms with van der Waals surface area (Å²) in [5, 5.41) is 5.85. The number of rotatable bonds is 5. The van der Waals surface area contributed by atoms with Crippen molar-refractivity contribution in [3.05, 3.63) is 100 Å². The predicted molar refractivity (Wildman–Crippen MR) is 118 cm³/mol. The van der Waals surface area contributed by atoms with Crippen molar-refractivity contribution in [2.24, 2.45) is 0 Å². The summed E-state index contributed by atoms with van der Waals surface area (Å²) in [6, 6.07) is 18.1. The molecule has 0 unspecified atom stereocenters. The minimum absolute atomic E-state index is 0.121. The van der Waals surface area contributed by atoms with Gasteiger partial charge in [-0.3, -0.25) is 9.59 Å². The van der Waals surface area contributed by atoms with Crippen molar-refractivity contribution >= 4 is 34.2 Å². The van der Waals surface area contributed by atoms with Crippen LogP contribution in [0.2, 0.25) is 0 Å². The van der Waals surface area contributed by atoms with Gasteiger partial charge in [-0.15, -0.1) is 0 Å². The van der Waals surface area contributed by atoms with Crippen molar-refractivity contribution in [2.75, 3.05) is 17.7 Å². The number of nitrogens with one attached hydrogen (secondary N) is 2. The number of carbonyl (C=O) groups excluding carboxylic acids is 2. The molecule has 160 valence electrons. The van der Waals surface area contributed by atoms with Crippen LogP contribution in [0.1, 0.15) is 20.7 Å². The summed E-state index contributed by atoms with van der Waals surface area (Å²) in [5.41, 5.74) is 0.123. The molecule has 8 heteroatoms. The molecule has 0 aliphatic heterocycles. The zero-order valence-corrected chi connectivity index (χ0v) is 16.8. The summed E-state index contributed by atoms with van der Waals surface area (Å²) in [5.74, 6) is -1.43. The lowest BCUT2D eigenvalue weighted by Gasteiger charge is -2.13. The first-order chi connectivity index (χ1) is 15.4. The van der Waals surface area contributed by atoms with E-state index < -0.39 is 23.3 Å². The van der Waals surface area contributed by atoms with Crippen molar-refractivity contribution in [3.8, 4) is 5.75 Å². The Balaban J connectivity index is 1.59. The SMILES string of the molecule is COc1ccc(NC(=O)c2cc3ccccc3oc2=O)cc1NC(=O)c1cccc(F)c1. The van der Waals surface area contributed by atoms with E-state index in [-0.39, 0.29) is 16.8 Å². The number of amides is 2. The summed E-state index contributed by atoms with van der Waals surface area (Å²) in [6.45, 7) is 0. The van der Waals surface area contributed by atoms with Gasteiger partial charge >= 0.3 is 5.63 Å². The Kier molecular flexibility index (Phi) is 5.67. The molecule has 1 aromatic heterocycles. The number of methoxy groups -OCH3 is 1. The number of anilines is 2. The molecule has 32 heavy (non-hydrogen) atoms. The van der Waals surface area contributed by atoms with Crippen LogP contribution < -0.4 is 21.0 Å². The molecular weight excluding hydrogens is 415 g/mol. The van der Waals surface area contributed by atoms with Crippen molar-refractivity contribution in [2.45, 2.75) is 0 Å². The van der Waals surface area contributed by atoms with E-state index in [2.05, 4.69) is 10.6 Å². The highest BCUT2D eigenvalue weighted by atomic mass is 19.1. The number of halogens is 1. The molecule has 4 rings (SSSR count). The van der Waals surface area contributed by atoms with Gasteiger partial charge in [-0.1, -0.05) is 24.3 Å². The Morgan fingerprint density at radius 1 is 0.906 bits per heavy atom. The van der Waals surface area contributed by atoms with Crippen LogP contribution in [-0.2, 0) is 0 Å². The summed E-state index contributed by atoms with van der Waals surface area (Å²) in [6.07, 6.45) is 0. The topological polar surface area (TPSA) is 97.6 Å². The van der Waals surface area contributed by atoms with Crippen LogP contribution in [0.25, 0.3) is 11.0 Å². The summed E-state index contributed by atoms with van der Waals surface area (Å²) in [7, 11) is 1.42. The van der Waals surface area contributed by atoms with Gasteiger partial charge in [0.15, 0.2) is 0 Å². The number of ether oxygens (including phenoxy) is 1. The van der Waals surface area contributed by atoms with E-state index >= 15 is 0 Å². The van der Waals surface area contributed by atoms with Gasteiger partial charge < -0.3 is 19.8 Å². The van der Waals surface area contributed by atoms with Crippen LogP contribution in [-0.4, -0.2) is 18.9 Å². The highest BCUT2D eigenvalue weighted by molar-refractivity contribution is 6.07. The fourth-order valence-electron chi connectivity index (χ4n) is 3.13. The second kappa shape index (κ2) is 8.73. The maximum Gasteiger partial charge on any atom is 0.349 e. The lowest BCUT2D eigenvalue weighted by atomic mass is 10.1. The quantitative estimate of drug-likeness (QED) is 0.454. The van der Waals surface area contributed by atoms with Crippen LogP contribution >= 0.6 is 0 Å². The standard InChI is InChI=1S/C24H17FN2O5/c1-31-21-10-9-17(13-19(21)27-22(28)15-6-4-7-16(25)11-15)26-23(29)18-12-14-5-2-3-8-20(14)32-24(18)30/h2-13H,1H3,(H,26,29)(H,27,28). The molecule has 1 heterocycles. The maximum absolute atomic E-state index is 13.4. The zero-order valence-electron chi connectivity index (χ0n) is 16.8. The zero-order chi connectivity index (χ0) is 22.7. The van der Waals surface area contributed by atoms with Crippen LogP contribution in [0.15, 0.2) is 82.0 Å². The van der Waals surface area contributed by atoms with E-state index in [0.29, 0.717) is 22.4 Å². The lowest BCUT2D eigenvalue weighted by Crippen LogP contribution is -2.21. The average molecular weight is 432 g/mol. The highest BCUT2D eigenvalue weighted by Gasteiger charge is 2.16. The smallest absolute Gasteiger partial charge is 0.349 e. The summed E-state index contributed by atoms with van der Waals surface area (Å²) in [4.78, 5) is 37.4. The van der Waals surface area contributed by atoms with Gasteiger partial charge in [0.25, 0.3) is 11.8 Å². The molecular formula is C24H17FN2O5. The molecule has 0 atom stereocenters. The molecule has 0 bridgehead atoms. The van der Waals surface area contributed by atoms with Gasteiger partial charge in [-0.2, -0.15) is 0 Å². The molecule has 0 saturated heterocycles. The number of fused-ring (bicyclic) bond motifs is 1. The largest absolute Gasteiger partial charge is 0.495 e. The third-order valence-electron chi connectivity index (χ3n) is 4.68. The maximum atomic E-state index is 13.4. The van der Waals surface area contributed by atoms with Gasteiger partial charge in [-0.25, -0.2) is 9.18 Å². The van der Waals surface area contributed by atoms with Crippen LogP contribution in [0.5, 0.6) is 5.75 Å². The number of para-hydroxylation sites is 1. The monoisotopic (exact) mass is 432 g/mol. The predicted octanol–water partition coefficient (Wildman–Crippen LogP) is 4.45. The first kappa shape index (κ1) is 20.8. The Hall–Kier alpha value is -4.46. The molecule has 7 nitrogen and oxygen atoms in total. The number of hydrogen-bond donors (Lipinski definition) is 2. The van der Waals surface area contributed by atoms with E-state index in [1.165, 1.54) is 37.4 Å². The van der Waals surface area contributed by atoms with Gasteiger partial charge in [0, 0.05) is 16.6 Å². The molecule has 2 amide bonds. The minimum atomic E-state index is -0.769. The Labute approximate surface area is 181 Å². The molecule has 0 aliphatic carbocycles. The molecule has 0 spiro atoms. The second-order valence-corrected chi connectivity index (χ2v) is 6.82. The van der Waals surface area contributed by atoms with Crippen molar-refractivity contribution in [3.63, 3.8) is 0 Å². The molecule has 2 N–H and O–H groups in total. The van der Waals surface area contributed by atoms with Gasteiger partial charge in [0.2, 0.25) is 0 Å². The summed E-state index contributed by atoms with van der Waals surface area (Å²) < 4.78 is 23.9. The van der Waals surface area contributed by atoms with E-state index in [4.69, 9.17) is 9.15 Å². The van der Waals surface area contributed by atoms with Gasteiger partial charge in [-0.05, 0) is 48.5 Å². The molecule has 0 aliphatic rings. The van der Waals surface area contributed by atoms with Crippen molar-refractivity contribution in [1.82, 2.24) is 0 Å².